The minimum absolute atomic E-state index is 0.132. The summed E-state index contributed by atoms with van der Waals surface area (Å²) in [6.45, 7) is 2.06. The lowest BCUT2D eigenvalue weighted by Gasteiger charge is -2.15. The van der Waals surface area contributed by atoms with E-state index in [1.807, 2.05) is 19.1 Å². The molecule has 0 bridgehead atoms. The highest BCUT2D eigenvalue weighted by Crippen LogP contribution is 2.35. The zero-order chi connectivity index (χ0) is 14.8. The molecule has 0 radical (unpaired) electrons. The first-order chi connectivity index (χ1) is 10.1. The minimum atomic E-state index is -0.195. The van der Waals surface area contributed by atoms with Crippen LogP contribution in [0.2, 0.25) is 5.02 Å². The molecule has 0 spiro atoms. The highest BCUT2D eigenvalue weighted by atomic mass is 35.5. The van der Waals surface area contributed by atoms with Gasteiger partial charge in [0.15, 0.2) is 11.5 Å². The number of carbonyl (C=O) groups excluding carboxylic acids is 1. The molecule has 21 heavy (non-hydrogen) atoms. The zero-order valence-corrected chi connectivity index (χ0v) is 12.2. The van der Waals surface area contributed by atoms with Crippen molar-refractivity contribution in [3.05, 3.63) is 58.6 Å². The van der Waals surface area contributed by atoms with E-state index in [4.69, 9.17) is 21.1 Å². The molecule has 1 heterocycles. The summed E-state index contributed by atoms with van der Waals surface area (Å²) in [6.07, 6.45) is 0. The second kappa shape index (κ2) is 5.66. The van der Waals surface area contributed by atoms with Crippen LogP contribution in [0.25, 0.3) is 0 Å². The Morgan fingerprint density at radius 2 is 1.95 bits per heavy atom. The molecule has 1 aliphatic rings. The number of nitrogens with one attached hydrogen (secondary N) is 1. The van der Waals surface area contributed by atoms with Gasteiger partial charge in [0.05, 0.1) is 11.6 Å². The highest BCUT2D eigenvalue weighted by molar-refractivity contribution is 6.30. The lowest BCUT2D eigenvalue weighted by molar-refractivity contribution is 0.0935. The minimum Gasteiger partial charge on any atom is -0.454 e. The maximum absolute atomic E-state index is 12.4. The molecular formula is C16H14ClNO3. The lowest BCUT2D eigenvalue weighted by Crippen LogP contribution is -2.26. The van der Waals surface area contributed by atoms with Crippen molar-refractivity contribution in [1.29, 1.82) is 0 Å². The Morgan fingerprint density at radius 1 is 1.19 bits per heavy atom. The number of carbonyl (C=O) groups is 1. The van der Waals surface area contributed by atoms with Gasteiger partial charge < -0.3 is 14.8 Å². The standard InChI is InChI=1S/C16H14ClNO3/c1-10(11-5-7-12(17)8-6-11)18-16(19)13-3-2-4-14-15(13)21-9-20-14/h2-8,10H,9H2,1H3,(H,18,19). The van der Waals surface area contributed by atoms with Gasteiger partial charge in [0.1, 0.15) is 0 Å². The Morgan fingerprint density at radius 3 is 2.71 bits per heavy atom. The second-order valence-electron chi connectivity index (χ2n) is 4.79. The number of hydrogen-bond acceptors (Lipinski definition) is 3. The molecule has 1 unspecified atom stereocenters. The van der Waals surface area contributed by atoms with E-state index in [2.05, 4.69) is 5.32 Å². The Balaban J connectivity index is 1.77. The van der Waals surface area contributed by atoms with E-state index in [0.717, 1.165) is 5.56 Å². The van der Waals surface area contributed by atoms with Crippen LogP contribution >= 0.6 is 11.6 Å². The molecule has 1 aliphatic heterocycles. The van der Waals surface area contributed by atoms with Gasteiger partial charge in [-0.1, -0.05) is 29.8 Å². The average molecular weight is 304 g/mol. The van der Waals surface area contributed by atoms with Gasteiger partial charge in [-0.3, -0.25) is 4.79 Å². The molecule has 5 heteroatoms. The second-order valence-corrected chi connectivity index (χ2v) is 5.22. The Labute approximate surface area is 127 Å². The van der Waals surface area contributed by atoms with Crippen LogP contribution in [0, 0.1) is 0 Å². The SMILES string of the molecule is CC(NC(=O)c1cccc2c1OCO2)c1ccc(Cl)cc1. The van der Waals surface area contributed by atoms with Gasteiger partial charge in [0, 0.05) is 5.02 Å². The van der Waals surface area contributed by atoms with Gasteiger partial charge in [-0.2, -0.15) is 0 Å². The zero-order valence-electron chi connectivity index (χ0n) is 11.4. The topological polar surface area (TPSA) is 47.6 Å². The summed E-state index contributed by atoms with van der Waals surface area (Å²) in [6, 6.07) is 12.5. The molecule has 0 saturated carbocycles. The van der Waals surface area contributed by atoms with Crippen molar-refractivity contribution in [1.82, 2.24) is 5.32 Å². The summed E-state index contributed by atoms with van der Waals surface area (Å²) in [5, 5.41) is 3.61. The van der Waals surface area contributed by atoms with Crippen LogP contribution in [0.4, 0.5) is 0 Å². The maximum Gasteiger partial charge on any atom is 0.255 e. The number of amides is 1. The third kappa shape index (κ3) is 2.81. The van der Waals surface area contributed by atoms with Crippen LogP contribution in [0.5, 0.6) is 11.5 Å². The summed E-state index contributed by atoms with van der Waals surface area (Å²) in [7, 11) is 0. The maximum atomic E-state index is 12.4. The Kier molecular flexibility index (Phi) is 3.71. The number of halogens is 1. The van der Waals surface area contributed by atoms with E-state index in [1.54, 1.807) is 30.3 Å². The van der Waals surface area contributed by atoms with Gasteiger partial charge >= 0.3 is 0 Å². The van der Waals surface area contributed by atoms with Crippen LogP contribution < -0.4 is 14.8 Å². The smallest absolute Gasteiger partial charge is 0.255 e. The fourth-order valence-corrected chi connectivity index (χ4v) is 2.34. The number of para-hydroxylation sites is 1. The van der Waals surface area contributed by atoms with Gasteiger partial charge in [0.2, 0.25) is 6.79 Å². The summed E-state index contributed by atoms with van der Waals surface area (Å²) in [5.41, 5.74) is 1.46. The van der Waals surface area contributed by atoms with Crippen LogP contribution in [0.15, 0.2) is 42.5 Å². The number of ether oxygens (including phenoxy) is 2. The normalized spacial score (nSPS) is 13.8. The Hall–Kier alpha value is -2.20. The van der Waals surface area contributed by atoms with Crippen molar-refractivity contribution in [2.45, 2.75) is 13.0 Å². The van der Waals surface area contributed by atoms with Crippen molar-refractivity contribution in [3.8, 4) is 11.5 Å². The number of rotatable bonds is 3. The predicted molar refractivity (Wildman–Crippen MR) is 79.9 cm³/mol. The van der Waals surface area contributed by atoms with Crippen molar-refractivity contribution in [3.63, 3.8) is 0 Å². The summed E-state index contributed by atoms with van der Waals surface area (Å²) < 4.78 is 10.6. The largest absolute Gasteiger partial charge is 0.454 e. The fourth-order valence-electron chi connectivity index (χ4n) is 2.22. The van der Waals surface area contributed by atoms with E-state index in [1.165, 1.54) is 0 Å². The molecule has 3 rings (SSSR count). The summed E-state index contributed by atoms with van der Waals surface area (Å²) in [5.74, 6) is 0.903. The van der Waals surface area contributed by atoms with E-state index < -0.39 is 0 Å². The van der Waals surface area contributed by atoms with Gasteiger partial charge in [0.25, 0.3) is 5.91 Å². The molecule has 1 atom stereocenters. The third-order valence-electron chi connectivity index (χ3n) is 3.36. The van der Waals surface area contributed by atoms with E-state index in [9.17, 15) is 4.79 Å². The first kappa shape index (κ1) is 13.8. The molecule has 2 aromatic carbocycles. The quantitative estimate of drug-likeness (QED) is 0.943. The summed E-state index contributed by atoms with van der Waals surface area (Å²) in [4.78, 5) is 12.4. The van der Waals surface area contributed by atoms with Gasteiger partial charge in [-0.25, -0.2) is 0 Å². The molecular weight excluding hydrogens is 290 g/mol. The number of benzene rings is 2. The first-order valence-corrected chi connectivity index (χ1v) is 6.98. The van der Waals surface area contributed by atoms with Crippen molar-refractivity contribution < 1.29 is 14.3 Å². The average Bonchev–Trinajstić information content (AvgIpc) is 2.96. The molecule has 0 fully saturated rings. The molecule has 0 aromatic heterocycles. The summed E-state index contributed by atoms with van der Waals surface area (Å²) >= 11 is 5.86. The fraction of sp³-hybridized carbons (Fsp3) is 0.188. The van der Waals surface area contributed by atoms with Crippen molar-refractivity contribution in [2.24, 2.45) is 0 Å². The van der Waals surface area contributed by atoms with Crippen LogP contribution in [0.3, 0.4) is 0 Å². The van der Waals surface area contributed by atoms with E-state index >= 15 is 0 Å². The molecule has 1 amide bonds. The van der Waals surface area contributed by atoms with E-state index in [-0.39, 0.29) is 18.7 Å². The Bertz CT molecular complexity index is 670. The van der Waals surface area contributed by atoms with E-state index in [0.29, 0.717) is 22.1 Å². The molecule has 108 valence electrons. The molecule has 1 N–H and O–H groups in total. The van der Waals surface area contributed by atoms with Gasteiger partial charge in [-0.05, 0) is 36.8 Å². The van der Waals surface area contributed by atoms with Crippen LogP contribution in [-0.2, 0) is 0 Å². The monoisotopic (exact) mass is 303 g/mol. The first-order valence-electron chi connectivity index (χ1n) is 6.60. The van der Waals surface area contributed by atoms with Crippen LogP contribution in [0.1, 0.15) is 28.9 Å². The predicted octanol–water partition coefficient (Wildman–Crippen LogP) is 3.56. The third-order valence-corrected chi connectivity index (χ3v) is 3.61. The van der Waals surface area contributed by atoms with Gasteiger partial charge in [-0.15, -0.1) is 0 Å². The molecule has 2 aromatic rings. The van der Waals surface area contributed by atoms with Crippen molar-refractivity contribution in [2.75, 3.05) is 6.79 Å². The number of fused-ring (bicyclic) bond motifs is 1. The molecule has 0 saturated heterocycles. The number of hydrogen-bond donors (Lipinski definition) is 1. The lowest BCUT2D eigenvalue weighted by atomic mass is 10.1. The molecule has 0 aliphatic carbocycles. The molecule has 4 nitrogen and oxygen atoms in total. The van der Waals surface area contributed by atoms with Crippen LogP contribution in [-0.4, -0.2) is 12.7 Å². The van der Waals surface area contributed by atoms with Crippen molar-refractivity contribution >= 4 is 17.5 Å². The highest BCUT2D eigenvalue weighted by Gasteiger charge is 2.22.